The van der Waals surface area contributed by atoms with Crippen molar-refractivity contribution in [2.24, 2.45) is 11.5 Å². The Morgan fingerprint density at radius 2 is 2.00 bits per heavy atom. The van der Waals surface area contributed by atoms with Gasteiger partial charge in [0.05, 0.1) is 5.54 Å². The largest absolute Gasteiger partial charge is 0.326 e. The first-order valence-electron chi connectivity index (χ1n) is 3.62. The van der Waals surface area contributed by atoms with Gasteiger partial charge in [0, 0.05) is 6.04 Å². The van der Waals surface area contributed by atoms with E-state index in [1.165, 1.54) is 0 Å². The molecule has 0 saturated carbocycles. The smallest absolute Gasteiger partial charge is 0.0539 e. The number of hydrogen-bond donors (Lipinski definition) is 2. The normalized spacial score (nSPS) is 16.3. The average molecular weight is 243 g/mol. The van der Waals surface area contributed by atoms with Crippen LogP contribution in [0.25, 0.3) is 0 Å². The van der Waals surface area contributed by atoms with E-state index < -0.39 is 0 Å². The van der Waals surface area contributed by atoms with Gasteiger partial charge in [-0.25, -0.2) is 0 Å². The van der Waals surface area contributed by atoms with Crippen LogP contribution in [-0.2, 0) is 5.54 Å². The molecule has 1 rings (SSSR count). The summed E-state index contributed by atoms with van der Waals surface area (Å²) in [4.78, 5) is 0. The van der Waals surface area contributed by atoms with E-state index in [9.17, 15) is 0 Å². The fourth-order valence-electron chi connectivity index (χ4n) is 0.834. The second-order valence-electron chi connectivity index (χ2n) is 3.08. The van der Waals surface area contributed by atoms with Gasteiger partial charge in [-0.05, 0) is 36.2 Å². The highest BCUT2D eigenvalue weighted by Crippen LogP contribution is 2.22. The maximum absolute atomic E-state index is 6.01. The van der Waals surface area contributed by atoms with Crippen molar-refractivity contribution >= 4 is 36.2 Å². The summed E-state index contributed by atoms with van der Waals surface area (Å²) in [6.45, 7) is 3.89. The Hall–Kier alpha value is 0.200. The summed E-state index contributed by atoms with van der Waals surface area (Å²) in [5, 5.41) is 4.06. The predicted molar refractivity (Wildman–Crippen MR) is 64.0 cm³/mol. The van der Waals surface area contributed by atoms with Gasteiger partial charge >= 0.3 is 0 Å². The average Bonchev–Trinajstić information content (AvgIpc) is 2.37. The van der Waals surface area contributed by atoms with Gasteiger partial charge in [-0.3, -0.25) is 0 Å². The van der Waals surface area contributed by atoms with Gasteiger partial charge in [0.1, 0.15) is 0 Å². The molecule has 0 aromatic carbocycles. The van der Waals surface area contributed by atoms with Gasteiger partial charge in [-0.1, -0.05) is 0 Å². The SMILES string of the molecule is CC(N)C(C)(N)c1ccsc1.Cl.Cl. The minimum Gasteiger partial charge on any atom is -0.326 e. The molecule has 0 aliphatic heterocycles. The molecular weight excluding hydrogens is 227 g/mol. The molecule has 0 bridgehead atoms. The monoisotopic (exact) mass is 242 g/mol. The highest BCUT2D eigenvalue weighted by molar-refractivity contribution is 7.08. The zero-order valence-electron chi connectivity index (χ0n) is 7.69. The van der Waals surface area contributed by atoms with Gasteiger partial charge in [0.25, 0.3) is 0 Å². The van der Waals surface area contributed by atoms with Crippen molar-refractivity contribution in [2.45, 2.75) is 25.4 Å². The number of rotatable bonds is 2. The van der Waals surface area contributed by atoms with Crippen LogP contribution >= 0.6 is 36.2 Å². The lowest BCUT2D eigenvalue weighted by atomic mass is 9.89. The summed E-state index contributed by atoms with van der Waals surface area (Å²) in [6, 6.07) is 2.01. The highest BCUT2D eigenvalue weighted by atomic mass is 35.5. The number of hydrogen-bond acceptors (Lipinski definition) is 3. The molecule has 78 valence electrons. The van der Waals surface area contributed by atoms with Crippen LogP contribution < -0.4 is 11.5 Å². The molecule has 2 nitrogen and oxygen atoms in total. The second kappa shape index (κ2) is 5.83. The molecule has 5 heteroatoms. The summed E-state index contributed by atoms with van der Waals surface area (Å²) in [5.41, 5.74) is 12.5. The van der Waals surface area contributed by atoms with E-state index in [4.69, 9.17) is 11.5 Å². The fraction of sp³-hybridized carbons (Fsp3) is 0.500. The third-order valence-corrected chi connectivity index (χ3v) is 2.77. The molecule has 0 aliphatic rings. The van der Waals surface area contributed by atoms with E-state index in [1.54, 1.807) is 11.3 Å². The second-order valence-corrected chi connectivity index (χ2v) is 3.86. The molecule has 1 aromatic heterocycles. The Balaban J connectivity index is 0. The molecule has 4 N–H and O–H groups in total. The van der Waals surface area contributed by atoms with E-state index >= 15 is 0 Å². The summed E-state index contributed by atoms with van der Waals surface area (Å²) < 4.78 is 0. The standard InChI is InChI=1S/C8H14N2S.2ClH/c1-6(9)8(2,10)7-3-4-11-5-7;;/h3-6H,9-10H2,1-2H3;2*1H. The lowest BCUT2D eigenvalue weighted by Gasteiger charge is -2.27. The van der Waals surface area contributed by atoms with Gasteiger partial charge in [0.15, 0.2) is 0 Å². The van der Waals surface area contributed by atoms with Crippen LogP contribution in [0.5, 0.6) is 0 Å². The summed E-state index contributed by atoms with van der Waals surface area (Å²) in [6.07, 6.45) is 0. The van der Waals surface area contributed by atoms with E-state index in [2.05, 4.69) is 0 Å². The Bertz CT molecular complexity index is 222. The van der Waals surface area contributed by atoms with Crippen LogP contribution in [0.2, 0.25) is 0 Å². The molecule has 2 atom stereocenters. The quantitative estimate of drug-likeness (QED) is 0.835. The Labute approximate surface area is 95.5 Å². The first kappa shape index (κ1) is 15.7. The van der Waals surface area contributed by atoms with Crippen molar-refractivity contribution in [3.05, 3.63) is 22.4 Å². The van der Waals surface area contributed by atoms with Gasteiger partial charge < -0.3 is 11.5 Å². The molecular formula is C8H16Cl2N2S. The summed E-state index contributed by atoms with van der Waals surface area (Å²) in [5.74, 6) is 0. The van der Waals surface area contributed by atoms with Crippen molar-refractivity contribution in [3.63, 3.8) is 0 Å². The van der Waals surface area contributed by atoms with Crippen molar-refractivity contribution in [3.8, 4) is 0 Å². The van der Waals surface area contributed by atoms with E-state index in [0.29, 0.717) is 0 Å². The van der Waals surface area contributed by atoms with Crippen LogP contribution in [0.1, 0.15) is 19.4 Å². The first-order chi connectivity index (χ1) is 5.05. The minimum atomic E-state index is -0.389. The van der Waals surface area contributed by atoms with Crippen molar-refractivity contribution in [1.82, 2.24) is 0 Å². The molecule has 0 radical (unpaired) electrons. The summed E-state index contributed by atoms with van der Waals surface area (Å²) in [7, 11) is 0. The van der Waals surface area contributed by atoms with E-state index in [1.807, 2.05) is 30.7 Å². The third-order valence-electron chi connectivity index (χ3n) is 2.09. The highest BCUT2D eigenvalue weighted by Gasteiger charge is 2.25. The molecule has 0 fully saturated rings. The Kier molecular flexibility index (Phi) is 7.03. The Morgan fingerprint density at radius 1 is 1.46 bits per heavy atom. The topological polar surface area (TPSA) is 52.0 Å². The zero-order chi connectivity index (χ0) is 8.48. The van der Waals surface area contributed by atoms with Gasteiger partial charge in [-0.15, -0.1) is 24.8 Å². The number of nitrogens with two attached hydrogens (primary N) is 2. The van der Waals surface area contributed by atoms with Crippen molar-refractivity contribution in [2.75, 3.05) is 0 Å². The van der Waals surface area contributed by atoms with Gasteiger partial charge in [0.2, 0.25) is 0 Å². The molecule has 1 aromatic rings. The maximum atomic E-state index is 6.01. The lowest BCUT2D eigenvalue weighted by Crippen LogP contribution is -2.48. The lowest BCUT2D eigenvalue weighted by molar-refractivity contribution is 0.411. The predicted octanol–water partition coefficient (Wildman–Crippen LogP) is 2.11. The Morgan fingerprint density at radius 3 is 2.31 bits per heavy atom. The fourth-order valence-corrected chi connectivity index (χ4v) is 1.62. The summed E-state index contributed by atoms with van der Waals surface area (Å²) >= 11 is 1.65. The third kappa shape index (κ3) is 3.44. The molecule has 13 heavy (non-hydrogen) atoms. The van der Waals surface area contributed by atoms with Crippen LogP contribution in [0.15, 0.2) is 16.8 Å². The molecule has 0 amide bonds. The van der Waals surface area contributed by atoms with Crippen LogP contribution in [0, 0.1) is 0 Å². The minimum absolute atomic E-state index is 0. The molecule has 2 unspecified atom stereocenters. The maximum Gasteiger partial charge on any atom is 0.0539 e. The van der Waals surface area contributed by atoms with E-state index in [0.717, 1.165) is 5.56 Å². The van der Waals surface area contributed by atoms with E-state index in [-0.39, 0.29) is 36.4 Å². The number of thiophene rings is 1. The van der Waals surface area contributed by atoms with Crippen LogP contribution in [-0.4, -0.2) is 6.04 Å². The van der Waals surface area contributed by atoms with Crippen molar-refractivity contribution < 1.29 is 0 Å². The molecule has 0 saturated heterocycles. The van der Waals surface area contributed by atoms with Gasteiger partial charge in [-0.2, -0.15) is 11.3 Å². The van der Waals surface area contributed by atoms with Crippen LogP contribution in [0.4, 0.5) is 0 Å². The van der Waals surface area contributed by atoms with Crippen molar-refractivity contribution in [1.29, 1.82) is 0 Å². The first-order valence-corrected chi connectivity index (χ1v) is 4.56. The number of halogens is 2. The zero-order valence-corrected chi connectivity index (χ0v) is 10.1. The molecule has 0 aliphatic carbocycles. The molecule has 1 heterocycles. The van der Waals surface area contributed by atoms with Crippen LogP contribution in [0.3, 0.4) is 0 Å². The molecule has 0 spiro atoms.